The monoisotopic (exact) mass is 425 g/mol. The SMILES string of the molecule is CN(C)C1CCCC2C1CCCC2S(=O)(=O)N[C@H]1CC(=O)N(C2CCCCC2)C1. The average Bonchev–Trinajstić information content (AvgIpc) is 3.06. The molecule has 4 aliphatic rings. The lowest BCUT2D eigenvalue weighted by atomic mass is 9.68. The molecule has 0 bridgehead atoms. The van der Waals surface area contributed by atoms with Crippen LogP contribution in [0, 0.1) is 11.8 Å². The molecule has 4 fully saturated rings. The molecule has 3 saturated carbocycles. The summed E-state index contributed by atoms with van der Waals surface area (Å²) < 4.78 is 29.8. The van der Waals surface area contributed by atoms with Gasteiger partial charge in [0.2, 0.25) is 15.9 Å². The zero-order valence-electron chi connectivity index (χ0n) is 18.2. The molecule has 166 valence electrons. The summed E-state index contributed by atoms with van der Waals surface area (Å²) in [5.41, 5.74) is 0. The van der Waals surface area contributed by atoms with E-state index in [0.29, 0.717) is 31.0 Å². The van der Waals surface area contributed by atoms with E-state index in [1.165, 1.54) is 25.7 Å². The molecule has 7 heteroatoms. The first-order chi connectivity index (χ1) is 13.9. The van der Waals surface area contributed by atoms with Gasteiger partial charge in [0.25, 0.3) is 0 Å². The summed E-state index contributed by atoms with van der Waals surface area (Å²) in [5, 5.41) is -0.289. The zero-order chi connectivity index (χ0) is 20.6. The number of amides is 1. The van der Waals surface area contributed by atoms with E-state index in [-0.39, 0.29) is 23.1 Å². The van der Waals surface area contributed by atoms with E-state index >= 15 is 0 Å². The number of nitrogens with zero attached hydrogens (tertiary/aromatic N) is 2. The van der Waals surface area contributed by atoms with Crippen LogP contribution in [-0.2, 0) is 14.8 Å². The summed E-state index contributed by atoms with van der Waals surface area (Å²) in [4.78, 5) is 16.9. The maximum atomic E-state index is 13.4. The highest BCUT2D eigenvalue weighted by Crippen LogP contribution is 2.44. The number of nitrogens with one attached hydrogen (secondary N) is 1. The number of hydrogen-bond acceptors (Lipinski definition) is 4. The van der Waals surface area contributed by atoms with Gasteiger partial charge < -0.3 is 9.80 Å². The lowest BCUT2D eigenvalue weighted by Gasteiger charge is -2.47. The van der Waals surface area contributed by atoms with Gasteiger partial charge in [-0.3, -0.25) is 4.79 Å². The van der Waals surface area contributed by atoms with Crippen LogP contribution in [0.15, 0.2) is 0 Å². The predicted octanol–water partition coefficient (Wildman–Crippen LogP) is 2.74. The van der Waals surface area contributed by atoms with Crippen LogP contribution >= 0.6 is 0 Å². The smallest absolute Gasteiger partial charge is 0.224 e. The van der Waals surface area contributed by atoms with Crippen LogP contribution in [-0.4, -0.2) is 68.1 Å². The second-order valence-corrected chi connectivity index (χ2v) is 12.1. The molecule has 0 radical (unpaired) electrons. The summed E-state index contributed by atoms with van der Waals surface area (Å²) in [6.07, 6.45) is 12.3. The second-order valence-electron chi connectivity index (χ2n) is 10.2. The molecule has 1 aliphatic heterocycles. The number of fused-ring (bicyclic) bond motifs is 1. The summed E-state index contributed by atoms with van der Waals surface area (Å²) in [6, 6.07) is 0.577. The van der Waals surface area contributed by atoms with E-state index in [1.54, 1.807) is 0 Å². The fraction of sp³-hybridized carbons (Fsp3) is 0.955. The minimum absolute atomic E-state index is 0.136. The molecule has 6 nitrogen and oxygen atoms in total. The maximum Gasteiger partial charge on any atom is 0.224 e. The van der Waals surface area contributed by atoms with Gasteiger partial charge in [-0.15, -0.1) is 0 Å². The van der Waals surface area contributed by atoms with Gasteiger partial charge in [0.05, 0.1) is 5.25 Å². The minimum Gasteiger partial charge on any atom is -0.338 e. The van der Waals surface area contributed by atoms with E-state index in [2.05, 4.69) is 23.7 Å². The normalized spacial score (nSPS) is 37.1. The van der Waals surface area contributed by atoms with Crippen LogP contribution in [0.1, 0.15) is 77.0 Å². The van der Waals surface area contributed by atoms with Crippen molar-refractivity contribution in [2.45, 2.75) is 100 Å². The van der Waals surface area contributed by atoms with Gasteiger partial charge in [-0.05, 0) is 64.5 Å². The maximum absolute atomic E-state index is 13.4. The lowest BCUT2D eigenvalue weighted by molar-refractivity contribution is -0.130. The third-order valence-corrected chi connectivity index (χ3v) is 10.2. The molecule has 3 aliphatic carbocycles. The van der Waals surface area contributed by atoms with Crippen molar-refractivity contribution in [2.24, 2.45) is 11.8 Å². The first kappa shape index (κ1) is 21.6. The molecular formula is C22H39N3O3S. The highest BCUT2D eigenvalue weighted by atomic mass is 32.2. The Morgan fingerprint density at radius 2 is 1.59 bits per heavy atom. The van der Waals surface area contributed by atoms with Gasteiger partial charge in [0, 0.05) is 31.1 Å². The molecule has 4 rings (SSSR count). The van der Waals surface area contributed by atoms with Gasteiger partial charge in [-0.25, -0.2) is 13.1 Å². The number of sulfonamides is 1. The standard InChI is InChI=1S/C22H39N3O3S/c1-24(2)20-12-6-11-19-18(20)10-7-13-21(19)29(27,28)23-16-14-22(26)25(15-16)17-8-4-3-5-9-17/h16-21,23H,3-15H2,1-2H3/t16-,18?,19?,20?,21?/m0/s1. The molecular weight excluding hydrogens is 386 g/mol. The van der Waals surface area contributed by atoms with E-state index < -0.39 is 10.0 Å². The van der Waals surface area contributed by atoms with Crippen LogP contribution in [0.4, 0.5) is 0 Å². The summed E-state index contributed by atoms with van der Waals surface area (Å²) in [6.45, 7) is 0.559. The second kappa shape index (κ2) is 8.83. The van der Waals surface area contributed by atoms with E-state index in [1.807, 2.05) is 4.90 Å². The van der Waals surface area contributed by atoms with E-state index in [4.69, 9.17) is 0 Å². The fourth-order valence-electron chi connectivity index (χ4n) is 6.82. The summed E-state index contributed by atoms with van der Waals surface area (Å²) in [7, 11) is 0.853. The molecule has 1 amide bonds. The Balaban J connectivity index is 1.42. The Bertz CT molecular complexity index is 689. The molecule has 0 spiro atoms. The third-order valence-electron chi connectivity index (χ3n) is 8.15. The third kappa shape index (κ3) is 4.52. The average molecular weight is 426 g/mol. The van der Waals surface area contributed by atoms with Gasteiger partial charge in [-0.1, -0.05) is 32.1 Å². The van der Waals surface area contributed by atoms with Gasteiger partial charge >= 0.3 is 0 Å². The highest BCUT2D eigenvalue weighted by molar-refractivity contribution is 7.90. The Hall–Kier alpha value is -0.660. The molecule has 1 heterocycles. The Kier molecular flexibility index (Phi) is 6.57. The number of carbonyl (C=O) groups is 1. The number of rotatable bonds is 5. The molecule has 1 N–H and O–H groups in total. The quantitative estimate of drug-likeness (QED) is 0.735. The molecule has 5 atom stereocenters. The van der Waals surface area contributed by atoms with Crippen LogP contribution < -0.4 is 4.72 Å². The summed E-state index contributed by atoms with van der Waals surface area (Å²) >= 11 is 0. The summed E-state index contributed by atoms with van der Waals surface area (Å²) in [5.74, 6) is 0.878. The molecule has 4 unspecified atom stereocenters. The molecule has 0 aromatic carbocycles. The first-order valence-electron chi connectivity index (χ1n) is 11.8. The van der Waals surface area contributed by atoms with Crippen LogP contribution in [0.3, 0.4) is 0 Å². The molecule has 1 saturated heterocycles. The molecule has 29 heavy (non-hydrogen) atoms. The molecule has 0 aromatic heterocycles. The van der Waals surface area contributed by atoms with Crippen molar-refractivity contribution in [1.29, 1.82) is 0 Å². The lowest BCUT2D eigenvalue weighted by Crippen LogP contribution is -2.53. The largest absolute Gasteiger partial charge is 0.338 e. The van der Waals surface area contributed by atoms with Gasteiger partial charge in [0.1, 0.15) is 0 Å². The Labute approximate surface area is 176 Å². The number of hydrogen-bond donors (Lipinski definition) is 1. The topological polar surface area (TPSA) is 69.7 Å². The number of likely N-dealkylation sites (tertiary alicyclic amines) is 1. The van der Waals surface area contributed by atoms with Crippen molar-refractivity contribution in [3.05, 3.63) is 0 Å². The van der Waals surface area contributed by atoms with E-state index in [9.17, 15) is 13.2 Å². The van der Waals surface area contributed by atoms with Crippen molar-refractivity contribution in [3.8, 4) is 0 Å². The molecule has 0 aromatic rings. The van der Waals surface area contributed by atoms with Crippen molar-refractivity contribution in [3.63, 3.8) is 0 Å². The van der Waals surface area contributed by atoms with Gasteiger partial charge in [0.15, 0.2) is 0 Å². The fourth-order valence-corrected chi connectivity index (χ4v) is 8.89. The van der Waals surface area contributed by atoms with Crippen molar-refractivity contribution in [1.82, 2.24) is 14.5 Å². The Morgan fingerprint density at radius 1 is 0.897 bits per heavy atom. The van der Waals surface area contributed by atoms with Crippen LogP contribution in [0.5, 0.6) is 0 Å². The van der Waals surface area contributed by atoms with Crippen molar-refractivity contribution >= 4 is 15.9 Å². The van der Waals surface area contributed by atoms with Crippen LogP contribution in [0.25, 0.3) is 0 Å². The van der Waals surface area contributed by atoms with Crippen molar-refractivity contribution < 1.29 is 13.2 Å². The van der Waals surface area contributed by atoms with Crippen molar-refractivity contribution in [2.75, 3.05) is 20.6 Å². The predicted molar refractivity (Wildman–Crippen MR) is 115 cm³/mol. The van der Waals surface area contributed by atoms with Gasteiger partial charge in [-0.2, -0.15) is 0 Å². The number of carbonyl (C=O) groups excluding carboxylic acids is 1. The first-order valence-corrected chi connectivity index (χ1v) is 13.4. The van der Waals surface area contributed by atoms with Crippen LogP contribution in [0.2, 0.25) is 0 Å². The minimum atomic E-state index is -3.41. The highest BCUT2D eigenvalue weighted by Gasteiger charge is 2.47. The van der Waals surface area contributed by atoms with E-state index in [0.717, 1.165) is 44.9 Å². The Morgan fingerprint density at radius 3 is 2.31 bits per heavy atom. The zero-order valence-corrected chi connectivity index (χ0v) is 19.0.